The molecule has 0 fully saturated rings. The Balaban J connectivity index is 2.46. The third kappa shape index (κ3) is 6.63. The highest BCUT2D eigenvalue weighted by molar-refractivity contribution is 5.90. The minimum atomic E-state index is -0.145. The predicted octanol–water partition coefficient (Wildman–Crippen LogP) is 4.17. The summed E-state index contributed by atoms with van der Waals surface area (Å²) >= 11 is 0. The van der Waals surface area contributed by atoms with Gasteiger partial charge in [0.15, 0.2) is 0 Å². The molecule has 118 valence electrons. The lowest BCUT2D eigenvalue weighted by atomic mass is 9.99. The van der Waals surface area contributed by atoms with Gasteiger partial charge < -0.3 is 15.4 Å². The number of para-hydroxylation sites is 1. The van der Waals surface area contributed by atoms with Crippen molar-refractivity contribution in [2.45, 2.75) is 46.1 Å². The van der Waals surface area contributed by atoms with Crippen LogP contribution in [0.5, 0.6) is 0 Å². The van der Waals surface area contributed by atoms with Crippen LogP contribution in [-0.2, 0) is 11.3 Å². The molecule has 1 rings (SSSR count). The second-order valence-corrected chi connectivity index (χ2v) is 5.34. The first-order chi connectivity index (χ1) is 10.2. The molecule has 0 saturated carbocycles. The molecule has 0 radical (unpaired) electrons. The second kappa shape index (κ2) is 10.2. The fourth-order valence-electron chi connectivity index (χ4n) is 2.27. The van der Waals surface area contributed by atoms with E-state index in [2.05, 4.69) is 24.5 Å². The van der Waals surface area contributed by atoms with E-state index in [-0.39, 0.29) is 6.03 Å². The molecule has 1 atom stereocenters. The van der Waals surface area contributed by atoms with E-state index >= 15 is 0 Å². The number of amides is 2. The Morgan fingerprint density at radius 3 is 2.71 bits per heavy atom. The largest absolute Gasteiger partial charge is 0.380 e. The lowest BCUT2D eigenvalue weighted by molar-refractivity contribution is 0.185. The van der Waals surface area contributed by atoms with Gasteiger partial charge in [-0.25, -0.2) is 4.79 Å². The maximum atomic E-state index is 12.0. The van der Waals surface area contributed by atoms with Gasteiger partial charge in [0.05, 0.1) is 6.61 Å². The summed E-state index contributed by atoms with van der Waals surface area (Å²) in [4.78, 5) is 12.0. The first-order valence-electron chi connectivity index (χ1n) is 7.82. The van der Waals surface area contributed by atoms with Crippen LogP contribution >= 0.6 is 0 Å². The zero-order valence-electron chi connectivity index (χ0n) is 13.4. The average Bonchev–Trinajstić information content (AvgIpc) is 2.50. The van der Waals surface area contributed by atoms with E-state index in [0.29, 0.717) is 12.5 Å². The Morgan fingerprint density at radius 1 is 1.29 bits per heavy atom. The molecular weight excluding hydrogens is 264 g/mol. The van der Waals surface area contributed by atoms with Crippen LogP contribution in [0.3, 0.4) is 0 Å². The Kier molecular flexibility index (Phi) is 8.51. The summed E-state index contributed by atoms with van der Waals surface area (Å²) in [5.74, 6) is 0.560. The molecule has 0 aliphatic heterocycles. The number of unbranched alkanes of at least 4 members (excludes halogenated alkanes) is 1. The Bertz CT molecular complexity index is 421. The van der Waals surface area contributed by atoms with Crippen molar-refractivity contribution in [2.75, 3.05) is 19.0 Å². The molecule has 1 aromatic rings. The number of rotatable bonds is 9. The Labute approximate surface area is 128 Å². The molecule has 0 aliphatic carbocycles. The smallest absolute Gasteiger partial charge is 0.319 e. The number of urea groups is 1. The number of carbonyl (C=O) groups excluding carboxylic acids is 1. The molecular formula is C17H28N2O2. The summed E-state index contributed by atoms with van der Waals surface area (Å²) in [5, 5.41) is 5.87. The number of nitrogens with one attached hydrogen (secondary N) is 2. The van der Waals surface area contributed by atoms with E-state index in [1.54, 1.807) is 7.11 Å². The minimum Gasteiger partial charge on any atom is -0.380 e. The van der Waals surface area contributed by atoms with E-state index in [1.165, 1.54) is 19.3 Å². The van der Waals surface area contributed by atoms with Gasteiger partial charge in [0.25, 0.3) is 0 Å². The third-order valence-electron chi connectivity index (χ3n) is 3.66. The van der Waals surface area contributed by atoms with Gasteiger partial charge in [-0.2, -0.15) is 0 Å². The summed E-state index contributed by atoms with van der Waals surface area (Å²) < 4.78 is 5.14. The zero-order chi connectivity index (χ0) is 15.5. The Hall–Kier alpha value is -1.55. The van der Waals surface area contributed by atoms with Crippen molar-refractivity contribution < 1.29 is 9.53 Å². The van der Waals surface area contributed by atoms with E-state index in [9.17, 15) is 4.79 Å². The van der Waals surface area contributed by atoms with Crippen LogP contribution in [0, 0.1) is 5.92 Å². The minimum absolute atomic E-state index is 0.145. The fourth-order valence-corrected chi connectivity index (χ4v) is 2.27. The summed E-state index contributed by atoms with van der Waals surface area (Å²) in [5.41, 5.74) is 1.78. The summed E-state index contributed by atoms with van der Waals surface area (Å²) in [6.07, 6.45) is 4.69. The number of carbonyl (C=O) groups is 1. The number of anilines is 1. The van der Waals surface area contributed by atoms with Crippen LogP contribution in [0.4, 0.5) is 10.5 Å². The quantitative estimate of drug-likeness (QED) is 0.717. The van der Waals surface area contributed by atoms with E-state index < -0.39 is 0 Å². The summed E-state index contributed by atoms with van der Waals surface area (Å²) in [7, 11) is 1.65. The molecule has 0 aromatic heterocycles. The van der Waals surface area contributed by atoms with E-state index in [4.69, 9.17) is 4.74 Å². The number of hydrogen-bond donors (Lipinski definition) is 2. The molecule has 1 aromatic carbocycles. The normalized spacial score (nSPS) is 12.0. The Morgan fingerprint density at radius 2 is 2.05 bits per heavy atom. The fraction of sp³-hybridized carbons (Fsp3) is 0.588. The lowest BCUT2D eigenvalue weighted by Crippen LogP contribution is -2.33. The molecule has 0 saturated heterocycles. The second-order valence-electron chi connectivity index (χ2n) is 5.34. The number of ether oxygens (including phenoxy) is 1. The first kappa shape index (κ1) is 17.5. The standard InChI is InChI=1S/C17H28N2O2/c1-4-6-9-14(5-2)12-18-17(20)19-16-11-8-7-10-15(16)13-21-3/h7-8,10-11,14H,4-6,9,12-13H2,1-3H3,(H2,18,19,20). The molecule has 21 heavy (non-hydrogen) atoms. The maximum Gasteiger partial charge on any atom is 0.319 e. The zero-order valence-corrected chi connectivity index (χ0v) is 13.4. The number of methoxy groups -OCH3 is 1. The van der Waals surface area contributed by atoms with Crippen molar-refractivity contribution in [2.24, 2.45) is 5.92 Å². The lowest BCUT2D eigenvalue weighted by Gasteiger charge is -2.16. The van der Waals surface area contributed by atoms with E-state index in [0.717, 1.165) is 24.2 Å². The monoisotopic (exact) mass is 292 g/mol. The van der Waals surface area contributed by atoms with Gasteiger partial charge in [0.1, 0.15) is 0 Å². The molecule has 0 aliphatic rings. The van der Waals surface area contributed by atoms with Crippen LogP contribution < -0.4 is 10.6 Å². The van der Waals surface area contributed by atoms with Crippen LogP contribution in [0.1, 0.15) is 45.1 Å². The average molecular weight is 292 g/mol. The van der Waals surface area contributed by atoms with Crippen LogP contribution in [0.25, 0.3) is 0 Å². The number of benzene rings is 1. The maximum absolute atomic E-state index is 12.0. The van der Waals surface area contributed by atoms with Gasteiger partial charge in [-0.15, -0.1) is 0 Å². The number of hydrogen-bond acceptors (Lipinski definition) is 2. The summed E-state index contributed by atoms with van der Waals surface area (Å²) in [6.45, 7) is 5.59. The highest BCUT2D eigenvalue weighted by Gasteiger charge is 2.09. The van der Waals surface area contributed by atoms with Crippen molar-refractivity contribution in [3.63, 3.8) is 0 Å². The summed E-state index contributed by atoms with van der Waals surface area (Å²) in [6, 6.07) is 7.55. The molecule has 2 N–H and O–H groups in total. The molecule has 4 nitrogen and oxygen atoms in total. The molecule has 2 amide bonds. The van der Waals surface area contributed by atoms with Gasteiger partial charge in [0, 0.05) is 24.9 Å². The van der Waals surface area contributed by atoms with Gasteiger partial charge >= 0.3 is 6.03 Å². The highest BCUT2D eigenvalue weighted by atomic mass is 16.5. The van der Waals surface area contributed by atoms with Crippen molar-refractivity contribution in [1.82, 2.24) is 5.32 Å². The highest BCUT2D eigenvalue weighted by Crippen LogP contribution is 2.16. The van der Waals surface area contributed by atoms with Gasteiger partial charge in [-0.3, -0.25) is 0 Å². The SMILES string of the molecule is CCCCC(CC)CNC(=O)Nc1ccccc1COC. The first-order valence-corrected chi connectivity index (χ1v) is 7.82. The van der Waals surface area contributed by atoms with Gasteiger partial charge in [-0.1, -0.05) is 51.3 Å². The van der Waals surface area contributed by atoms with Crippen molar-refractivity contribution in [1.29, 1.82) is 0 Å². The topological polar surface area (TPSA) is 50.4 Å². The van der Waals surface area contributed by atoms with Crippen molar-refractivity contribution in [3.8, 4) is 0 Å². The van der Waals surface area contributed by atoms with Crippen molar-refractivity contribution in [3.05, 3.63) is 29.8 Å². The van der Waals surface area contributed by atoms with Crippen LogP contribution in [-0.4, -0.2) is 19.7 Å². The molecule has 0 heterocycles. The van der Waals surface area contributed by atoms with Gasteiger partial charge in [0.2, 0.25) is 0 Å². The van der Waals surface area contributed by atoms with Crippen LogP contribution in [0.2, 0.25) is 0 Å². The van der Waals surface area contributed by atoms with E-state index in [1.807, 2.05) is 24.3 Å². The predicted molar refractivity (Wildman–Crippen MR) is 87.5 cm³/mol. The van der Waals surface area contributed by atoms with Crippen LogP contribution in [0.15, 0.2) is 24.3 Å². The molecule has 1 unspecified atom stereocenters. The molecule has 0 spiro atoms. The molecule has 4 heteroatoms. The van der Waals surface area contributed by atoms with Gasteiger partial charge in [-0.05, 0) is 18.4 Å². The molecule has 0 bridgehead atoms. The third-order valence-corrected chi connectivity index (χ3v) is 3.66. The van der Waals surface area contributed by atoms with Crippen molar-refractivity contribution >= 4 is 11.7 Å².